The Morgan fingerprint density at radius 2 is 1.86 bits per heavy atom. The summed E-state index contributed by atoms with van der Waals surface area (Å²) in [6.07, 6.45) is 4.73. The average Bonchev–Trinajstić information content (AvgIpc) is 3.38. The summed E-state index contributed by atoms with van der Waals surface area (Å²) < 4.78 is 1.86. The first-order chi connectivity index (χ1) is 13.7. The van der Waals surface area contributed by atoms with Crippen molar-refractivity contribution in [1.29, 1.82) is 0 Å². The van der Waals surface area contributed by atoms with Gasteiger partial charge in [0.1, 0.15) is 5.82 Å². The average molecular weight is 376 g/mol. The van der Waals surface area contributed by atoms with Crippen LogP contribution in [0, 0.1) is 0 Å². The van der Waals surface area contributed by atoms with Gasteiger partial charge in [0.05, 0.1) is 22.6 Å². The molecule has 0 aliphatic heterocycles. The number of aromatic carboxylic acids is 1. The van der Waals surface area contributed by atoms with Crippen LogP contribution in [-0.2, 0) is 6.54 Å². The lowest BCUT2D eigenvalue weighted by Crippen LogP contribution is -2.10. The molecule has 28 heavy (non-hydrogen) atoms. The summed E-state index contributed by atoms with van der Waals surface area (Å²) in [5.74, 6) is 0.227. The lowest BCUT2D eigenvalue weighted by molar-refractivity contribution is 0.0698. The van der Waals surface area contributed by atoms with Crippen LogP contribution >= 0.6 is 0 Å². The number of para-hydroxylation sites is 2. The van der Waals surface area contributed by atoms with E-state index >= 15 is 0 Å². The Morgan fingerprint density at radius 3 is 2.61 bits per heavy atom. The van der Waals surface area contributed by atoms with Crippen molar-refractivity contribution in [2.24, 2.45) is 5.73 Å². The van der Waals surface area contributed by atoms with Crippen LogP contribution < -0.4 is 11.1 Å². The number of anilines is 2. The molecule has 4 N–H and O–H groups in total. The third-order valence-corrected chi connectivity index (χ3v) is 5.36. The molecular weight excluding hydrogens is 352 g/mol. The third-order valence-electron chi connectivity index (χ3n) is 5.36. The lowest BCUT2D eigenvalue weighted by atomic mass is 10.0. The fourth-order valence-electron chi connectivity index (χ4n) is 3.90. The van der Waals surface area contributed by atoms with Crippen molar-refractivity contribution in [3.63, 3.8) is 0 Å². The third kappa shape index (κ3) is 3.51. The minimum atomic E-state index is -0.965. The van der Waals surface area contributed by atoms with Gasteiger partial charge in [-0.3, -0.25) is 0 Å². The molecular formula is C22H24N4O2. The molecule has 0 spiro atoms. The van der Waals surface area contributed by atoms with Gasteiger partial charge in [0, 0.05) is 18.5 Å². The maximum absolute atomic E-state index is 11.6. The molecule has 3 aromatic rings. The molecule has 0 saturated heterocycles. The van der Waals surface area contributed by atoms with Crippen molar-refractivity contribution in [1.82, 2.24) is 9.78 Å². The van der Waals surface area contributed by atoms with Crippen molar-refractivity contribution in [2.75, 3.05) is 5.32 Å². The van der Waals surface area contributed by atoms with Crippen LogP contribution in [0.2, 0.25) is 0 Å². The number of benzene rings is 2. The Morgan fingerprint density at radius 1 is 1.14 bits per heavy atom. The van der Waals surface area contributed by atoms with Crippen molar-refractivity contribution in [2.45, 2.75) is 38.1 Å². The Bertz CT molecular complexity index is 990. The van der Waals surface area contributed by atoms with E-state index in [1.165, 1.54) is 12.8 Å². The van der Waals surface area contributed by atoms with Gasteiger partial charge in [0.15, 0.2) is 0 Å². The zero-order valence-electron chi connectivity index (χ0n) is 15.6. The summed E-state index contributed by atoms with van der Waals surface area (Å²) in [6.45, 7) is 0.403. The molecule has 0 bridgehead atoms. The topological polar surface area (TPSA) is 93.2 Å². The van der Waals surface area contributed by atoms with Crippen molar-refractivity contribution in [3.05, 3.63) is 71.4 Å². The molecule has 4 rings (SSSR count). The zero-order chi connectivity index (χ0) is 19.5. The summed E-state index contributed by atoms with van der Waals surface area (Å²) in [5.41, 5.74) is 9.64. The van der Waals surface area contributed by atoms with E-state index in [4.69, 9.17) is 10.8 Å². The van der Waals surface area contributed by atoms with Crippen LogP contribution in [0.3, 0.4) is 0 Å². The van der Waals surface area contributed by atoms with E-state index in [9.17, 15) is 9.90 Å². The van der Waals surface area contributed by atoms with E-state index in [1.54, 1.807) is 18.2 Å². The molecule has 144 valence electrons. The summed E-state index contributed by atoms with van der Waals surface area (Å²) in [6, 6.07) is 16.8. The summed E-state index contributed by atoms with van der Waals surface area (Å²) >= 11 is 0. The Labute approximate surface area is 164 Å². The van der Waals surface area contributed by atoms with Gasteiger partial charge in [-0.25, -0.2) is 9.48 Å². The highest BCUT2D eigenvalue weighted by molar-refractivity contribution is 5.95. The van der Waals surface area contributed by atoms with Gasteiger partial charge >= 0.3 is 5.97 Å². The second-order valence-corrected chi connectivity index (χ2v) is 7.16. The predicted octanol–water partition coefficient (Wildman–Crippen LogP) is 4.43. The second kappa shape index (κ2) is 7.86. The smallest absolute Gasteiger partial charge is 0.337 e. The molecule has 0 amide bonds. The van der Waals surface area contributed by atoms with Crippen LogP contribution in [0.1, 0.15) is 53.2 Å². The van der Waals surface area contributed by atoms with Gasteiger partial charge in [-0.2, -0.15) is 5.10 Å². The van der Waals surface area contributed by atoms with E-state index in [1.807, 2.05) is 41.1 Å². The first-order valence-corrected chi connectivity index (χ1v) is 9.65. The summed E-state index contributed by atoms with van der Waals surface area (Å²) in [5, 5.41) is 17.7. The standard InChI is InChI=1S/C22H24N4O2/c23-14-16-9-3-6-12-20(16)26-21(13-19(25-26)15-7-1-2-8-15)24-18-11-5-4-10-17(18)22(27)28/h3-6,9-13,15,24H,1-2,7-8,14,23H2,(H,27,28). The van der Waals surface area contributed by atoms with Crippen LogP contribution in [0.25, 0.3) is 5.69 Å². The Hall–Kier alpha value is -3.12. The molecule has 1 fully saturated rings. The number of carboxylic acid groups (broad SMARTS) is 1. The molecule has 6 nitrogen and oxygen atoms in total. The zero-order valence-corrected chi connectivity index (χ0v) is 15.6. The van der Waals surface area contributed by atoms with E-state index in [-0.39, 0.29) is 5.56 Å². The van der Waals surface area contributed by atoms with Crippen LogP contribution in [0.5, 0.6) is 0 Å². The van der Waals surface area contributed by atoms with E-state index in [0.29, 0.717) is 18.2 Å². The number of carbonyl (C=O) groups is 1. The maximum Gasteiger partial charge on any atom is 0.337 e. The normalized spacial score (nSPS) is 14.3. The molecule has 1 aliphatic carbocycles. The molecule has 1 saturated carbocycles. The Balaban J connectivity index is 1.80. The van der Waals surface area contributed by atoms with E-state index in [0.717, 1.165) is 35.6 Å². The Kier molecular flexibility index (Phi) is 5.12. The number of aromatic nitrogens is 2. The first-order valence-electron chi connectivity index (χ1n) is 9.65. The molecule has 0 atom stereocenters. The van der Waals surface area contributed by atoms with Crippen molar-refractivity contribution < 1.29 is 9.90 Å². The fraction of sp³-hybridized carbons (Fsp3) is 0.273. The quantitative estimate of drug-likeness (QED) is 0.592. The SMILES string of the molecule is NCc1ccccc1-n1nc(C2CCCC2)cc1Nc1ccccc1C(=O)O. The highest BCUT2D eigenvalue weighted by Crippen LogP contribution is 2.36. The van der Waals surface area contributed by atoms with Gasteiger partial charge in [-0.1, -0.05) is 43.2 Å². The van der Waals surface area contributed by atoms with Crippen LogP contribution in [0.15, 0.2) is 54.6 Å². The number of rotatable bonds is 6. The van der Waals surface area contributed by atoms with E-state index in [2.05, 4.69) is 5.32 Å². The van der Waals surface area contributed by atoms with Crippen molar-refractivity contribution >= 4 is 17.5 Å². The largest absolute Gasteiger partial charge is 0.478 e. The molecule has 1 aromatic heterocycles. The number of carboxylic acids is 1. The van der Waals surface area contributed by atoms with Gasteiger partial charge in [-0.15, -0.1) is 0 Å². The molecule has 6 heteroatoms. The van der Waals surface area contributed by atoms with E-state index < -0.39 is 5.97 Å². The summed E-state index contributed by atoms with van der Waals surface area (Å²) in [7, 11) is 0. The van der Waals surface area contributed by atoms with Crippen LogP contribution in [0.4, 0.5) is 11.5 Å². The van der Waals surface area contributed by atoms with Gasteiger partial charge in [0.2, 0.25) is 0 Å². The summed E-state index contributed by atoms with van der Waals surface area (Å²) in [4.78, 5) is 11.6. The second-order valence-electron chi connectivity index (χ2n) is 7.16. The maximum atomic E-state index is 11.6. The number of nitrogens with zero attached hydrogens (tertiary/aromatic N) is 2. The number of hydrogen-bond acceptors (Lipinski definition) is 4. The molecule has 0 unspecified atom stereocenters. The highest BCUT2D eigenvalue weighted by Gasteiger charge is 2.23. The van der Waals surface area contributed by atoms with Gasteiger partial charge in [-0.05, 0) is 36.6 Å². The first kappa shape index (κ1) is 18.3. The van der Waals surface area contributed by atoms with Crippen LogP contribution in [-0.4, -0.2) is 20.9 Å². The number of nitrogens with two attached hydrogens (primary N) is 1. The highest BCUT2D eigenvalue weighted by atomic mass is 16.4. The minimum Gasteiger partial charge on any atom is -0.478 e. The number of hydrogen-bond donors (Lipinski definition) is 3. The van der Waals surface area contributed by atoms with Crippen molar-refractivity contribution in [3.8, 4) is 5.69 Å². The lowest BCUT2D eigenvalue weighted by Gasteiger charge is -2.14. The molecule has 1 aliphatic rings. The molecule has 0 radical (unpaired) electrons. The molecule has 1 heterocycles. The predicted molar refractivity (Wildman–Crippen MR) is 109 cm³/mol. The van der Waals surface area contributed by atoms with Gasteiger partial charge in [0.25, 0.3) is 0 Å². The monoisotopic (exact) mass is 376 g/mol. The molecule has 2 aromatic carbocycles. The number of nitrogens with one attached hydrogen (secondary N) is 1. The van der Waals surface area contributed by atoms with Gasteiger partial charge < -0.3 is 16.2 Å². The minimum absolute atomic E-state index is 0.227. The fourth-order valence-corrected chi connectivity index (χ4v) is 3.90.